The molecule has 7 heteroatoms. The predicted molar refractivity (Wildman–Crippen MR) is 124 cm³/mol. The van der Waals surface area contributed by atoms with Gasteiger partial charge in [-0.3, -0.25) is 4.79 Å². The van der Waals surface area contributed by atoms with Crippen LogP contribution in [0.1, 0.15) is 15.9 Å². The van der Waals surface area contributed by atoms with Crippen LogP contribution >= 0.6 is 11.3 Å². The summed E-state index contributed by atoms with van der Waals surface area (Å²) in [4.78, 5) is 17.6. The molecule has 0 aliphatic heterocycles. The molecular weight excluding hydrogens is 412 g/mol. The largest absolute Gasteiger partial charge is 0.496 e. The van der Waals surface area contributed by atoms with Crippen LogP contribution in [0.25, 0.3) is 20.8 Å². The lowest BCUT2D eigenvalue weighted by atomic mass is 10.1. The van der Waals surface area contributed by atoms with Crippen molar-refractivity contribution in [2.75, 3.05) is 26.6 Å². The van der Waals surface area contributed by atoms with Gasteiger partial charge in [-0.25, -0.2) is 4.98 Å². The van der Waals surface area contributed by atoms with Gasteiger partial charge in [-0.15, -0.1) is 11.3 Å². The fourth-order valence-corrected chi connectivity index (χ4v) is 4.33. The molecule has 0 saturated carbocycles. The van der Waals surface area contributed by atoms with Crippen molar-refractivity contribution in [3.05, 3.63) is 65.7 Å². The maximum absolute atomic E-state index is 12.9. The summed E-state index contributed by atoms with van der Waals surface area (Å²) in [6.07, 6.45) is 0. The number of aryl methyl sites for hydroxylation is 1. The van der Waals surface area contributed by atoms with Crippen molar-refractivity contribution in [3.8, 4) is 27.8 Å². The van der Waals surface area contributed by atoms with E-state index in [4.69, 9.17) is 19.2 Å². The lowest BCUT2D eigenvalue weighted by Crippen LogP contribution is -2.13. The number of thiazole rings is 1. The average Bonchev–Trinajstić information content (AvgIpc) is 3.21. The fraction of sp³-hybridized carbons (Fsp3) is 0.167. The molecule has 0 aliphatic carbocycles. The van der Waals surface area contributed by atoms with Crippen molar-refractivity contribution in [3.63, 3.8) is 0 Å². The number of rotatable bonds is 6. The molecule has 3 aromatic carbocycles. The Morgan fingerprint density at radius 2 is 1.55 bits per heavy atom. The van der Waals surface area contributed by atoms with Gasteiger partial charge in [-0.05, 0) is 48.9 Å². The molecule has 4 aromatic rings. The number of methoxy groups -OCH3 is 3. The molecule has 31 heavy (non-hydrogen) atoms. The van der Waals surface area contributed by atoms with Gasteiger partial charge in [0.2, 0.25) is 0 Å². The number of hydrogen-bond donors (Lipinski definition) is 1. The average molecular weight is 435 g/mol. The Balaban J connectivity index is 1.56. The Bertz CT molecular complexity index is 1250. The Kier molecular flexibility index (Phi) is 5.77. The van der Waals surface area contributed by atoms with E-state index in [2.05, 4.69) is 24.4 Å². The summed E-state index contributed by atoms with van der Waals surface area (Å²) in [5.41, 5.74) is 4.23. The van der Waals surface area contributed by atoms with Crippen LogP contribution in [0.2, 0.25) is 0 Å². The smallest absolute Gasteiger partial charge is 0.259 e. The number of carbonyl (C=O) groups excluding carboxylic acids is 1. The molecule has 0 aliphatic rings. The molecule has 158 valence electrons. The van der Waals surface area contributed by atoms with Crippen LogP contribution in [0.3, 0.4) is 0 Å². The number of aromatic nitrogens is 1. The maximum atomic E-state index is 12.9. The zero-order valence-electron chi connectivity index (χ0n) is 17.7. The number of nitrogens with one attached hydrogen (secondary N) is 1. The number of hydrogen-bond acceptors (Lipinski definition) is 6. The van der Waals surface area contributed by atoms with E-state index in [-0.39, 0.29) is 5.91 Å². The van der Waals surface area contributed by atoms with Gasteiger partial charge >= 0.3 is 0 Å². The van der Waals surface area contributed by atoms with E-state index in [0.717, 1.165) is 20.8 Å². The number of amides is 1. The van der Waals surface area contributed by atoms with Gasteiger partial charge < -0.3 is 19.5 Å². The molecule has 1 heterocycles. The van der Waals surface area contributed by atoms with Gasteiger partial charge in [0.25, 0.3) is 5.91 Å². The molecule has 0 bridgehead atoms. The highest BCUT2D eigenvalue weighted by Crippen LogP contribution is 2.35. The van der Waals surface area contributed by atoms with E-state index < -0.39 is 0 Å². The minimum Gasteiger partial charge on any atom is -0.496 e. The first-order valence-corrected chi connectivity index (χ1v) is 10.4. The standard InChI is InChI=1S/C24H22N2O4S/c1-14-5-10-18-22(11-14)31-24(26-18)15-6-8-16(9-7-15)25-23(27)17-12-20(29-3)21(30-4)13-19(17)28-2/h5-13H,1-4H3,(H,25,27). The first-order chi connectivity index (χ1) is 15.0. The molecule has 0 saturated heterocycles. The summed E-state index contributed by atoms with van der Waals surface area (Å²) in [7, 11) is 4.56. The van der Waals surface area contributed by atoms with E-state index in [1.54, 1.807) is 23.5 Å². The normalized spacial score (nSPS) is 10.7. The van der Waals surface area contributed by atoms with Crippen molar-refractivity contribution in [1.82, 2.24) is 4.98 Å². The zero-order valence-corrected chi connectivity index (χ0v) is 18.5. The summed E-state index contributed by atoms with van der Waals surface area (Å²) in [6.45, 7) is 2.07. The first kappa shape index (κ1) is 20.7. The molecule has 1 aromatic heterocycles. The van der Waals surface area contributed by atoms with Crippen LogP contribution in [-0.2, 0) is 0 Å². The second kappa shape index (κ2) is 8.65. The fourth-order valence-electron chi connectivity index (χ4n) is 3.26. The van der Waals surface area contributed by atoms with Crippen molar-refractivity contribution in [2.24, 2.45) is 0 Å². The van der Waals surface area contributed by atoms with Gasteiger partial charge in [0.15, 0.2) is 11.5 Å². The number of nitrogens with zero attached hydrogens (tertiary/aromatic N) is 1. The molecule has 0 spiro atoms. The molecule has 4 rings (SSSR count). The van der Waals surface area contributed by atoms with Crippen molar-refractivity contribution in [1.29, 1.82) is 0 Å². The van der Waals surface area contributed by atoms with Crippen LogP contribution in [0, 0.1) is 6.92 Å². The van der Waals surface area contributed by atoms with Crippen molar-refractivity contribution < 1.29 is 19.0 Å². The molecule has 0 radical (unpaired) electrons. The third-order valence-corrected chi connectivity index (χ3v) is 5.95. The van der Waals surface area contributed by atoms with Gasteiger partial charge in [0, 0.05) is 23.4 Å². The Labute approximate surface area is 184 Å². The minimum absolute atomic E-state index is 0.305. The molecular formula is C24H22N2O4S. The number of fused-ring (bicyclic) bond motifs is 1. The summed E-state index contributed by atoms with van der Waals surface area (Å²) in [6, 6.07) is 17.1. The Hall–Kier alpha value is -3.58. The molecule has 6 nitrogen and oxygen atoms in total. The van der Waals surface area contributed by atoms with E-state index >= 15 is 0 Å². The second-order valence-corrected chi connectivity index (χ2v) is 7.96. The van der Waals surface area contributed by atoms with Crippen LogP contribution in [-0.4, -0.2) is 32.2 Å². The zero-order chi connectivity index (χ0) is 22.0. The van der Waals surface area contributed by atoms with Crippen LogP contribution < -0.4 is 19.5 Å². The monoisotopic (exact) mass is 434 g/mol. The van der Waals surface area contributed by atoms with Crippen LogP contribution in [0.15, 0.2) is 54.6 Å². The highest BCUT2D eigenvalue weighted by molar-refractivity contribution is 7.21. The summed E-state index contributed by atoms with van der Waals surface area (Å²) < 4.78 is 17.1. The highest BCUT2D eigenvalue weighted by Gasteiger charge is 2.18. The lowest BCUT2D eigenvalue weighted by Gasteiger charge is -2.14. The minimum atomic E-state index is -0.305. The molecule has 0 fully saturated rings. The lowest BCUT2D eigenvalue weighted by molar-refractivity contribution is 0.102. The van der Waals surface area contributed by atoms with E-state index in [9.17, 15) is 4.79 Å². The predicted octanol–water partition coefficient (Wildman–Crippen LogP) is 5.55. The van der Waals surface area contributed by atoms with E-state index in [1.165, 1.54) is 26.9 Å². The topological polar surface area (TPSA) is 69.7 Å². The van der Waals surface area contributed by atoms with Gasteiger partial charge in [0.1, 0.15) is 10.8 Å². The molecule has 1 amide bonds. The Morgan fingerprint density at radius 1 is 0.871 bits per heavy atom. The van der Waals surface area contributed by atoms with Gasteiger partial charge in [0.05, 0.1) is 37.1 Å². The molecule has 0 unspecified atom stereocenters. The van der Waals surface area contributed by atoms with Crippen molar-refractivity contribution >= 4 is 33.1 Å². The molecule has 0 atom stereocenters. The number of anilines is 1. The van der Waals surface area contributed by atoms with E-state index in [1.807, 2.05) is 30.3 Å². The number of benzene rings is 3. The second-order valence-electron chi connectivity index (χ2n) is 6.93. The molecule has 1 N–H and O–H groups in total. The van der Waals surface area contributed by atoms with E-state index in [0.29, 0.717) is 28.5 Å². The van der Waals surface area contributed by atoms with Crippen LogP contribution in [0.4, 0.5) is 5.69 Å². The number of carbonyl (C=O) groups is 1. The maximum Gasteiger partial charge on any atom is 0.259 e. The Morgan fingerprint density at radius 3 is 2.23 bits per heavy atom. The number of ether oxygens (including phenoxy) is 3. The third-order valence-electron chi connectivity index (χ3n) is 4.88. The first-order valence-electron chi connectivity index (χ1n) is 9.61. The summed E-state index contributed by atoms with van der Waals surface area (Å²) in [5, 5.41) is 3.85. The van der Waals surface area contributed by atoms with Crippen LogP contribution in [0.5, 0.6) is 17.2 Å². The van der Waals surface area contributed by atoms with Gasteiger partial charge in [-0.1, -0.05) is 6.07 Å². The van der Waals surface area contributed by atoms with Gasteiger partial charge in [-0.2, -0.15) is 0 Å². The summed E-state index contributed by atoms with van der Waals surface area (Å²) >= 11 is 1.65. The highest BCUT2D eigenvalue weighted by atomic mass is 32.1. The third kappa shape index (κ3) is 4.18. The quantitative estimate of drug-likeness (QED) is 0.431. The van der Waals surface area contributed by atoms with Crippen molar-refractivity contribution in [2.45, 2.75) is 6.92 Å². The summed E-state index contributed by atoms with van der Waals surface area (Å²) in [5.74, 6) is 1.04. The SMILES string of the molecule is COc1cc(OC)c(C(=O)Nc2ccc(-c3nc4ccc(C)cc4s3)cc2)cc1OC.